The van der Waals surface area contributed by atoms with E-state index in [1.54, 1.807) is 0 Å². The van der Waals surface area contributed by atoms with E-state index >= 15 is 0 Å². The molecule has 2 rings (SSSR count). The van der Waals surface area contributed by atoms with Gasteiger partial charge in [0.05, 0.1) is 17.4 Å². The largest absolute Gasteiger partial charge is 0.382 e. The second kappa shape index (κ2) is 7.78. The molecule has 0 aliphatic carbocycles. The lowest BCUT2D eigenvalue weighted by Crippen LogP contribution is -2.13. The van der Waals surface area contributed by atoms with Gasteiger partial charge in [0.1, 0.15) is 0 Å². The van der Waals surface area contributed by atoms with E-state index in [9.17, 15) is 0 Å². The average molecular weight is 288 g/mol. The van der Waals surface area contributed by atoms with Gasteiger partial charge in [-0.05, 0) is 39.3 Å². The molecule has 21 heavy (non-hydrogen) atoms. The third kappa shape index (κ3) is 4.56. The number of ether oxygens (including phenoxy) is 1. The quantitative estimate of drug-likeness (QED) is 0.758. The van der Waals surface area contributed by atoms with Crippen molar-refractivity contribution < 1.29 is 4.74 Å². The summed E-state index contributed by atoms with van der Waals surface area (Å²) in [7, 11) is 0. The number of nitrogens with one attached hydrogen (secondary N) is 1. The van der Waals surface area contributed by atoms with E-state index in [1.165, 1.54) is 0 Å². The molecular formula is C16H24N4O. The maximum atomic E-state index is 5.39. The Kier molecular flexibility index (Phi) is 5.75. The minimum Gasteiger partial charge on any atom is -0.382 e. The predicted octanol–water partition coefficient (Wildman–Crippen LogP) is 3.19. The van der Waals surface area contributed by atoms with Crippen molar-refractivity contribution in [3.8, 4) is 0 Å². The minimum absolute atomic E-state index is 0.124. The first-order valence-electron chi connectivity index (χ1n) is 7.49. The number of nitrogens with zero attached hydrogens (tertiary/aromatic N) is 3. The Bertz CT molecular complexity index is 538. The Morgan fingerprint density at radius 1 is 1.38 bits per heavy atom. The van der Waals surface area contributed by atoms with Crippen LogP contribution in [0.4, 0.5) is 5.95 Å². The molecule has 0 fully saturated rings. The van der Waals surface area contributed by atoms with Crippen LogP contribution in [0.25, 0.3) is 0 Å². The van der Waals surface area contributed by atoms with Gasteiger partial charge in [-0.2, -0.15) is 0 Å². The third-order valence-corrected chi connectivity index (χ3v) is 3.27. The van der Waals surface area contributed by atoms with Gasteiger partial charge in [0.15, 0.2) is 0 Å². The van der Waals surface area contributed by atoms with E-state index in [0.717, 1.165) is 43.5 Å². The van der Waals surface area contributed by atoms with E-state index in [2.05, 4.69) is 33.0 Å². The van der Waals surface area contributed by atoms with Gasteiger partial charge < -0.3 is 14.6 Å². The molecule has 0 spiro atoms. The van der Waals surface area contributed by atoms with Crippen molar-refractivity contribution in [1.29, 1.82) is 0 Å². The molecule has 0 radical (unpaired) electrons. The van der Waals surface area contributed by atoms with Crippen LogP contribution in [0.2, 0.25) is 0 Å². The van der Waals surface area contributed by atoms with Crippen LogP contribution in [0.5, 0.6) is 0 Å². The van der Waals surface area contributed by atoms with Crippen molar-refractivity contribution in [3.63, 3.8) is 0 Å². The van der Waals surface area contributed by atoms with Crippen LogP contribution in [-0.2, 0) is 11.3 Å². The van der Waals surface area contributed by atoms with Gasteiger partial charge in [-0.1, -0.05) is 6.07 Å². The molecule has 0 bridgehead atoms. The van der Waals surface area contributed by atoms with E-state index in [-0.39, 0.29) is 6.04 Å². The van der Waals surface area contributed by atoms with E-state index in [1.807, 2.05) is 38.2 Å². The second-order valence-electron chi connectivity index (χ2n) is 5.07. The molecule has 0 aliphatic heterocycles. The fourth-order valence-electron chi connectivity index (χ4n) is 2.21. The number of hydrogen-bond acceptors (Lipinski definition) is 4. The molecule has 5 heteroatoms. The highest BCUT2D eigenvalue weighted by Gasteiger charge is 2.11. The molecule has 0 saturated carbocycles. The summed E-state index contributed by atoms with van der Waals surface area (Å²) < 4.78 is 7.53. The van der Waals surface area contributed by atoms with Gasteiger partial charge in [0, 0.05) is 32.2 Å². The van der Waals surface area contributed by atoms with E-state index < -0.39 is 0 Å². The third-order valence-electron chi connectivity index (χ3n) is 3.27. The Labute approximate surface area is 126 Å². The van der Waals surface area contributed by atoms with Gasteiger partial charge in [-0.25, -0.2) is 4.98 Å². The van der Waals surface area contributed by atoms with Crippen LogP contribution in [0.1, 0.15) is 37.7 Å². The summed E-state index contributed by atoms with van der Waals surface area (Å²) in [5.41, 5.74) is 2.03. The van der Waals surface area contributed by atoms with Gasteiger partial charge in [0.25, 0.3) is 0 Å². The summed E-state index contributed by atoms with van der Waals surface area (Å²) in [5, 5.41) is 3.44. The molecule has 2 heterocycles. The molecule has 1 unspecified atom stereocenters. The molecule has 2 aromatic heterocycles. The van der Waals surface area contributed by atoms with Crippen LogP contribution < -0.4 is 5.32 Å². The molecule has 0 aliphatic rings. The molecule has 1 N–H and O–H groups in total. The van der Waals surface area contributed by atoms with Crippen molar-refractivity contribution in [2.24, 2.45) is 0 Å². The fraction of sp³-hybridized carbons (Fsp3) is 0.500. The second-order valence-corrected chi connectivity index (χ2v) is 5.07. The van der Waals surface area contributed by atoms with Gasteiger partial charge >= 0.3 is 0 Å². The first-order valence-corrected chi connectivity index (χ1v) is 7.49. The lowest BCUT2D eigenvalue weighted by Gasteiger charge is -2.15. The van der Waals surface area contributed by atoms with Gasteiger partial charge in [0.2, 0.25) is 5.95 Å². The maximum absolute atomic E-state index is 5.39. The summed E-state index contributed by atoms with van der Waals surface area (Å²) >= 11 is 0. The lowest BCUT2D eigenvalue weighted by atomic mass is 10.2. The maximum Gasteiger partial charge on any atom is 0.203 e. The molecule has 2 aromatic rings. The SMILES string of the molecule is CCOCCCn1cc(C)nc1NC(C)c1ccccn1. The van der Waals surface area contributed by atoms with Crippen LogP contribution in [-0.4, -0.2) is 27.7 Å². The number of pyridine rings is 1. The first kappa shape index (κ1) is 15.5. The molecular weight excluding hydrogens is 264 g/mol. The van der Waals surface area contributed by atoms with Crippen LogP contribution in [0.3, 0.4) is 0 Å². The molecule has 0 aromatic carbocycles. The molecule has 1 atom stereocenters. The van der Waals surface area contributed by atoms with Crippen molar-refractivity contribution in [2.45, 2.75) is 39.8 Å². The zero-order chi connectivity index (χ0) is 15.1. The molecule has 5 nitrogen and oxygen atoms in total. The standard InChI is InChI=1S/C16H24N4O/c1-4-21-11-7-10-20-12-13(2)18-16(20)19-14(3)15-8-5-6-9-17-15/h5-6,8-9,12,14H,4,7,10-11H2,1-3H3,(H,18,19). The number of aryl methyl sites for hydroxylation is 2. The van der Waals surface area contributed by atoms with Crippen LogP contribution >= 0.6 is 0 Å². The van der Waals surface area contributed by atoms with E-state index in [0.29, 0.717) is 0 Å². The number of hydrogen-bond donors (Lipinski definition) is 1. The van der Waals surface area contributed by atoms with Gasteiger partial charge in [-0.15, -0.1) is 0 Å². The van der Waals surface area contributed by atoms with Crippen LogP contribution in [0.15, 0.2) is 30.6 Å². The smallest absolute Gasteiger partial charge is 0.203 e. The summed E-state index contributed by atoms with van der Waals surface area (Å²) in [6.45, 7) is 8.57. The Hall–Kier alpha value is -1.88. The molecule has 0 amide bonds. The lowest BCUT2D eigenvalue weighted by molar-refractivity contribution is 0.142. The zero-order valence-corrected chi connectivity index (χ0v) is 13.0. The highest BCUT2D eigenvalue weighted by atomic mass is 16.5. The average Bonchev–Trinajstić information content (AvgIpc) is 2.84. The Morgan fingerprint density at radius 3 is 2.95 bits per heavy atom. The summed E-state index contributed by atoms with van der Waals surface area (Å²) in [5.74, 6) is 0.891. The van der Waals surface area contributed by atoms with E-state index in [4.69, 9.17) is 4.74 Å². The van der Waals surface area contributed by atoms with Crippen molar-refractivity contribution in [3.05, 3.63) is 42.0 Å². The first-order chi connectivity index (χ1) is 10.2. The van der Waals surface area contributed by atoms with Crippen molar-refractivity contribution >= 4 is 5.95 Å². The summed E-state index contributed by atoms with van der Waals surface area (Å²) in [6, 6.07) is 6.07. The van der Waals surface area contributed by atoms with Crippen molar-refractivity contribution in [1.82, 2.24) is 14.5 Å². The highest BCUT2D eigenvalue weighted by molar-refractivity contribution is 5.32. The van der Waals surface area contributed by atoms with Gasteiger partial charge in [-0.3, -0.25) is 4.98 Å². The topological polar surface area (TPSA) is 52.0 Å². The number of anilines is 1. The normalized spacial score (nSPS) is 12.3. The summed E-state index contributed by atoms with van der Waals surface area (Å²) in [4.78, 5) is 8.94. The number of rotatable bonds is 8. The molecule has 114 valence electrons. The number of aromatic nitrogens is 3. The predicted molar refractivity (Wildman–Crippen MR) is 84.3 cm³/mol. The van der Waals surface area contributed by atoms with Crippen LogP contribution in [0, 0.1) is 6.92 Å². The van der Waals surface area contributed by atoms with Crippen molar-refractivity contribution in [2.75, 3.05) is 18.5 Å². The Morgan fingerprint density at radius 2 is 2.24 bits per heavy atom. The minimum atomic E-state index is 0.124. The number of imidazole rings is 1. The summed E-state index contributed by atoms with van der Waals surface area (Å²) in [6.07, 6.45) is 4.86. The Balaban J connectivity index is 1.99. The zero-order valence-electron chi connectivity index (χ0n) is 13.0. The molecule has 0 saturated heterocycles. The fourth-order valence-corrected chi connectivity index (χ4v) is 2.21. The monoisotopic (exact) mass is 288 g/mol. The highest BCUT2D eigenvalue weighted by Crippen LogP contribution is 2.17.